The van der Waals surface area contributed by atoms with Gasteiger partial charge in [-0.25, -0.2) is 0 Å². The summed E-state index contributed by atoms with van der Waals surface area (Å²) in [6.07, 6.45) is 7.58. The first-order chi connectivity index (χ1) is 6.75. The van der Waals surface area contributed by atoms with E-state index in [1.807, 2.05) is 0 Å². The number of amides is 1. The molecule has 0 bridgehead atoms. The van der Waals surface area contributed by atoms with Crippen molar-refractivity contribution in [2.45, 2.75) is 63.6 Å². The van der Waals surface area contributed by atoms with Crippen LogP contribution in [-0.2, 0) is 4.79 Å². The quantitative estimate of drug-likeness (QED) is 0.712. The summed E-state index contributed by atoms with van der Waals surface area (Å²) in [5, 5.41) is 6.70. The number of hydrogen-bond acceptors (Lipinski definition) is 2. The van der Waals surface area contributed by atoms with Crippen molar-refractivity contribution in [3.05, 3.63) is 0 Å². The van der Waals surface area contributed by atoms with E-state index in [0.29, 0.717) is 12.1 Å². The molecule has 2 saturated carbocycles. The highest BCUT2D eigenvalue weighted by Gasteiger charge is 2.31. The molecular formula is C11H20N2O. The van der Waals surface area contributed by atoms with E-state index in [4.69, 9.17) is 0 Å². The van der Waals surface area contributed by atoms with Crippen LogP contribution in [0.2, 0.25) is 0 Å². The van der Waals surface area contributed by atoms with Crippen molar-refractivity contribution in [3.8, 4) is 0 Å². The molecule has 0 aromatic rings. The molecule has 3 heteroatoms. The number of rotatable bonds is 3. The Kier molecular flexibility index (Phi) is 3.06. The summed E-state index contributed by atoms with van der Waals surface area (Å²) in [6.45, 7) is 1.61. The summed E-state index contributed by atoms with van der Waals surface area (Å²) in [7, 11) is 0. The van der Waals surface area contributed by atoms with Crippen LogP contribution < -0.4 is 10.6 Å². The van der Waals surface area contributed by atoms with Gasteiger partial charge in [-0.05, 0) is 25.7 Å². The zero-order chi connectivity index (χ0) is 9.97. The van der Waals surface area contributed by atoms with Crippen LogP contribution in [0.5, 0.6) is 0 Å². The van der Waals surface area contributed by atoms with E-state index in [2.05, 4.69) is 10.6 Å². The summed E-state index contributed by atoms with van der Waals surface area (Å²) in [4.78, 5) is 11.0. The topological polar surface area (TPSA) is 41.1 Å². The van der Waals surface area contributed by atoms with Gasteiger partial charge in [0.05, 0.1) is 0 Å². The maximum atomic E-state index is 11.0. The summed E-state index contributed by atoms with van der Waals surface area (Å²) < 4.78 is 0. The van der Waals surface area contributed by atoms with Gasteiger partial charge in [0.2, 0.25) is 5.91 Å². The first kappa shape index (κ1) is 9.97. The molecule has 1 amide bonds. The SMILES string of the molecule is CC(=O)N[C@@H]1CCCC[C@H]1NC1CC1. The third-order valence-corrected chi connectivity index (χ3v) is 3.18. The minimum absolute atomic E-state index is 0.111. The van der Waals surface area contributed by atoms with Gasteiger partial charge in [0, 0.05) is 25.0 Å². The lowest BCUT2D eigenvalue weighted by Gasteiger charge is -2.32. The van der Waals surface area contributed by atoms with Gasteiger partial charge >= 0.3 is 0 Å². The van der Waals surface area contributed by atoms with Crippen molar-refractivity contribution in [2.75, 3.05) is 0 Å². The largest absolute Gasteiger partial charge is 0.352 e. The van der Waals surface area contributed by atoms with Crippen molar-refractivity contribution < 1.29 is 4.79 Å². The predicted molar refractivity (Wildman–Crippen MR) is 56.0 cm³/mol. The van der Waals surface area contributed by atoms with Crippen molar-refractivity contribution >= 4 is 5.91 Å². The predicted octanol–water partition coefficient (Wildman–Crippen LogP) is 1.19. The Labute approximate surface area is 85.6 Å². The first-order valence-corrected chi connectivity index (χ1v) is 5.79. The molecular weight excluding hydrogens is 176 g/mol. The Balaban J connectivity index is 1.84. The molecule has 0 radical (unpaired) electrons. The Hall–Kier alpha value is -0.570. The van der Waals surface area contributed by atoms with Gasteiger partial charge in [0.25, 0.3) is 0 Å². The summed E-state index contributed by atoms with van der Waals surface area (Å²) in [5.41, 5.74) is 0. The molecule has 2 rings (SSSR count). The minimum atomic E-state index is 0.111. The highest BCUT2D eigenvalue weighted by Crippen LogP contribution is 2.25. The van der Waals surface area contributed by atoms with Crippen LogP contribution in [0.3, 0.4) is 0 Å². The molecule has 0 heterocycles. The Morgan fingerprint density at radius 2 is 1.71 bits per heavy atom. The van der Waals surface area contributed by atoms with Gasteiger partial charge in [-0.2, -0.15) is 0 Å². The van der Waals surface area contributed by atoms with Crippen molar-refractivity contribution in [1.82, 2.24) is 10.6 Å². The zero-order valence-corrected chi connectivity index (χ0v) is 8.88. The van der Waals surface area contributed by atoms with E-state index in [-0.39, 0.29) is 5.91 Å². The summed E-state index contributed by atoms with van der Waals surface area (Å²) in [5.74, 6) is 0.111. The second kappa shape index (κ2) is 4.30. The van der Waals surface area contributed by atoms with Crippen molar-refractivity contribution in [1.29, 1.82) is 0 Å². The van der Waals surface area contributed by atoms with Gasteiger partial charge < -0.3 is 10.6 Å². The van der Waals surface area contributed by atoms with Crippen LogP contribution in [0.1, 0.15) is 45.4 Å². The standard InChI is InChI=1S/C11H20N2O/c1-8(14)12-10-4-2-3-5-11(10)13-9-6-7-9/h9-11,13H,2-7H2,1H3,(H,12,14)/t10-,11-/m1/s1. The minimum Gasteiger partial charge on any atom is -0.352 e. The third kappa shape index (κ3) is 2.71. The number of hydrogen-bond donors (Lipinski definition) is 2. The smallest absolute Gasteiger partial charge is 0.217 e. The van der Waals surface area contributed by atoms with Crippen LogP contribution in [0.25, 0.3) is 0 Å². The average molecular weight is 196 g/mol. The molecule has 0 spiro atoms. The molecule has 2 atom stereocenters. The Morgan fingerprint density at radius 1 is 1.07 bits per heavy atom. The highest BCUT2D eigenvalue weighted by atomic mass is 16.1. The maximum absolute atomic E-state index is 11.0. The number of carbonyl (C=O) groups is 1. The molecule has 0 aromatic heterocycles. The fourth-order valence-electron chi connectivity index (χ4n) is 2.32. The summed E-state index contributed by atoms with van der Waals surface area (Å²) in [6, 6.07) is 1.65. The lowest BCUT2D eigenvalue weighted by molar-refractivity contribution is -0.120. The van der Waals surface area contributed by atoms with Crippen molar-refractivity contribution in [3.63, 3.8) is 0 Å². The number of carbonyl (C=O) groups excluding carboxylic acids is 1. The van der Waals surface area contributed by atoms with Crippen LogP contribution in [-0.4, -0.2) is 24.0 Å². The average Bonchev–Trinajstić information content (AvgIpc) is 2.91. The molecule has 0 aromatic carbocycles. The molecule has 2 aliphatic rings. The molecule has 2 N–H and O–H groups in total. The zero-order valence-electron chi connectivity index (χ0n) is 8.88. The maximum Gasteiger partial charge on any atom is 0.217 e. The molecule has 14 heavy (non-hydrogen) atoms. The lowest BCUT2D eigenvalue weighted by atomic mass is 9.90. The van der Waals surface area contributed by atoms with Gasteiger partial charge in [-0.1, -0.05) is 12.8 Å². The molecule has 0 unspecified atom stereocenters. The van der Waals surface area contributed by atoms with Gasteiger partial charge in [0.1, 0.15) is 0 Å². The van der Waals surface area contributed by atoms with Crippen LogP contribution in [0, 0.1) is 0 Å². The van der Waals surface area contributed by atoms with Gasteiger partial charge in [-0.15, -0.1) is 0 Å². The molecule has 2 fully saturated rings. The molecule has 80 valence electrons. The lowest BCUT2D eigenvalue weighted by Crippen LogP contribution is -2.51. The van der Waals surface area contributed by atoms with E-state index in [9.17, 15) is 4.79 Å². The normalized spacial score (nSPS) is 32.6. The molecule has 0 aliphatic heterocycles. The van der Waals surface area contributed by atoms with Crippen LogP contribution in [0.4, 0.5) is 0 Å². The fraction of sp³-hybridized carbons (Fsp3) is 0.909. The van der Waals surface area contributed by atoms with E-state index < -0.39 is 0 Å². The second-order valence-electron chi connectivity index (χ2n) is 4.64. The monoisotopic (exact) mass is 196 g/mol. The van der Waals surface area contributed by atoms with E-state index in [0.717, 1.165) is 12.5 Å². The van der Waals surface area contributed by atoms with E-state index in [1.165, 1.54) is 32.1 Å². The van der Waals surface area contributed by atoms with Crippen LogP contribution in [0.15, 0.2) is 0 Å². The molecule has 2 aliphatic carbocycles. The number of nitrogens with one attached hydrogen (secondary N) is 2. The van der Waals surface area contributed by atoms with Crippen molar-refractivity contribution in [2.24, 2.45) is 0 Å². The second-order valence-corrected chi connectivity index (χ2v) is 4.64. The highest BCUT2D eigenvalue weighted by molar-refractivity contribution is 5.73. The van der Waals surface area contributed by atoms with E-state index in [1.54, 1.807) is 6.92 Å². The van der Waals surface area contributed by atoms with Crippen LogP contribution >= 0.6 is 0 Å². The van der Waals surface area contributed by atoms with E-state index >= 15 is 0 Å². The summed E-state index contributed by atoms with van der Waals surface area (Å²) >= 11 is 0. The Bertz CT molecular complexity index is 213. The van der Waals surface area contributed by atoms with Gasteiger partial charge in [0.15, 0.2) is 0 Å². The molecule has 0 saturated heterocycles. The molecule has 3 nitrogen and oxygen atoms in total. The third-order valence-electron chi connectivity index (χ3n) is 3.18. The Morgan fingerprint density at radius 3 is 2.29 bits per heavy atom. The fourth-order valence-corrected chi connectivity index (χ4v) is 2.32. The first-order valence-electron chi connectivity index (χ1n) is 5.79. The van der Waals surface area contributed by atoms with Gasteiger partial charge in [-0.3, -0.25) is 4.79 Å².